The Morgan fingerprint density at radius 2 is 2.00 bits per heavy atom. The van der Waals surface area contributed by atoms with E-state index in [1.54, 1.807) is 0 Å². The molecule has 71 valence electrons. The standard InChI is InChI=1S/C11H15O2/c1-2-11(13-9-8-12)10-6-4-3-5-7-10/h3-7,11H,2,8-9H2,1H3. The van der Waals surface area contributed by atoms with Gasteiger partial charge in [0.05, 0.1) is 12.7 Å². The van der Waals surface area contributed by atoms with E-state index in [4.69, 9.17) is 4.74 Å². The molecule has 0 aliphatic carbocycles. The Kier molecular flexibility index (Phi) is 4.50. The second kappa shape index (κ2) is 5.73. The molecule has 0 aliphatic heterocycles. The zero-order valence-corrected chi connectivity index (χ0v) is 7.90. The molecule has 0 fully saturated rings. The SMILES string of the molecule is CCC(OCC[O])c1ccccc1. The maximum atomic E-state index is 10.3. The van der Waals surface area contributed by atoms with Crippen molar-refractivity contribution in [3.8, 4) is 0 Å². The van der Waals surface area contributed by atoms with Crippen molar-refractivity contribution in [3.63, 3.8) is 0 Å². The Bertz CT molecular complexity index is 221. The lowest BCUT2D eigenvalue weighted by molar-refractivity contribution is 0.00943. The van der Waals surface area contributed by atoms with Crippen LogP contribution in [-0.4, -0.2) is 13.2 Å². The van der Waals surface area contributed by atoms with Crippen LogP contribution in [0.15, 0.2) is 30.3 Å². The van der Waals surface area contributed by atoms with Crippen LogP contribution < -0.4 is 0 Å². The highest BCUT2D eigenvalue weighted by molar-refractivity contribution is 5.17. The van der Waals surface area contributed by atoms with Crippen LogP contribution in [0.4, 0.5) is 0 Å². The highest BCUT2D eigenvalue weighted by atomic mass is 16.5. The van der Waals surface area contributed by atoms with Gasteiger partial charge >= 0.3 is 0 Å². The van der Waals surface area contributed by atoms with Gasteiger partial charge in [0.1, 0.15) is 6.61 Å². The molecule has 0 aliphatic rings. The fourth-order valence-electron chi connectivity index (χ4n) is 1.31. The molecular weight excluding hydrogens is 164 g/mol. The third-order valence-electron chi connectivity index (χ3n) is 1.94. The predicted molar refractivity (Wildman–Crippen MR) is 51.0 cm³/mol. The maximum absolute atomic E-state index is 10.3. The van der Waals surface area contributed by atoms with Crippen LogP contribution in [0.3, 0.4) is 0 Å². The first-order valence-electron chi connectivity index (χ1n) is 4.63. The van der Waals surface area contributed by atoms with Crippen LogP contribution in [0.5, 0.6) is 0 Å². The molecule has 1 aromatic rings. The van der Waals surface area contributed by atoms with E-state index < -0.39 is 0 Å². The summed E-state index contributed by atoms with van der Waals surface area (Å²) in [4.78, 5) is 0. The fourth-order valence-corrected chi connectivity index (χ4v) is 1.31. The normalized spacial score (nSPS) is 12.8. The smallest absolute Gasteiger partial charge is 0.106 e. The molecule has 2 heteroatoms. The molecule has 0 bridgehead atoms. The van der Waals surface area contributed by atoms with Gasteiger partial charge in [-0.1, -0.05) is 37.3 Å². The average Bonchev–Trinajstić information content (AvgIpc) is 2.21. The van der Waals surface area contributed by atoms with E-state index in [1.807, 2.05) is 30.3 Å². The van der Waals surface area contributed by atoms with Gasteiger partial charge in [-0.05, 0) is 12.0 Å². The van der Waals surface area contributed by atoms with Crippen LogP contribution in [0.1, 0.15) is 25.0 Å². The van der Waals surface area contributed by atoms with Crippen molar-refractivity contribution in [2.45, 2.75) is 19.4 Å². The Labute approximate surface area is 79.2 Å². The van der Waals surface area contributed by atoms with Crippen molar-refractivity contribution in [2.75, 3.05) is 13.2 Å². The lowest BCUT2D eigenvalue weighted by atomic mass is 10.1. The van der Waals surface area contributed by atoms with Crippen molar-refractivity contribution in [1.82, 2.24) is 0 Å². The zero-order valence-electron chi connectivity index (χ0n) is 7.90. The molecule has 13 heavy (non-hydrogen) atoms. The Morgan fingerprint density at radius 3 is 2.54 bits per heavy atom. The van der Waals surface area contributed by atoms with Crippen molar-refractivity contribution in [2.24, 2.45) is 0 Å². The summed E-state index contributed by atoms with van der Waals surface area (Å²) in [7, 11) is 0. The van der Waals surface area contributed by atoms with E-state index in [1.165, 1.54) is 0 Å². The number of rotatable bonds is 5. The summed E-state index contributed by atoms with van der Waals surface area (Å²) >= 11 is 0. The third-order valence-corrected chi connectivity index (χ3v) is 1.94. The van der Waals surface area contributed by atoms with Gasteiger partial charge in [-0.25, -0.2) is 5.11 Å². The van der Waals surface area contributed by atoms with Crippen LogP contribution in [-0.2, 0) is 9.84 Å². The quantitative estimate of drug-likeness (QED) is 0.683. The van der Waals surface area contributed by atoms with E-state index >= 15 is 0 Å². The van der Waals surface area contributed by atoms with Crippen LogP contribution in [0.2, 0.25) is 0 Å². The molecule has 1 rings (SSSR count). The monoisotopic (exact) mass is 179 g/mol. The number of hydrogen-bond donors (Lipinski definition) is 0. The van der Waals surface area contributed by atoms with Gasteiger partial charge < -0.3 is 4.74 Å². The Morgan fingerprint density at radius 1 is 1.31 bits per heavy atom. The van der Waals surface area contributed by atoms with E-state index in [2.05, 4.69) is 6.92 Å². The van der Waals surface area contributed by atoms with E-state index in [-0.39, 0.29) is 12.7 Å². The summed E-state index contributed by atoms with van der Waals surface area (Å²) in [6.45, 7) is 2.19. The van der Waals surface area contributed by atoms with Crippen molar-refractivity contribution < 1.29 is 9.84 Å². The molecule has 2 nitrogen and oxygen atoms in total. The zero-order chi connectivity index (χ0) is 9.52. The first-order valence-corrected chi connectivity index (χ1v) is 4.63. The van der Waals surface area contributed by atoms with E-state index in [9.17, 15) is 5.11 Å². The number of ether oxygens (including phenoxy) is 1. The van der Waals surface area contributed by atoms with Crippen molar-refractivity contribution >= 4 is 0 Å². The highest BCUT2D eigenvalue weighted by Gasteiger charge is 2.07. The molecule has 0 saturated heterocycles. The van der Waals surface area contributed by atoms with Crippen molar-refractivity contribution in [1.29, 1.82) is 0 Å². The van der Waals surface area contributed by atoms with Crippen LogP contribution >= 0.6 is 0 Å². The van der Waals surface area contributed by atoms with Gasteiger partial charge in [0, 0.05) is 0 Å². The topological polar surface area (TPSA) is 29.1 Å². The van der Waals surface area contributed by atoms with Gasteiger partial charge in [-0.2, -0.15) is 0 Å². The lowest BCUT2D eigenvalue weighted by Crippen LogP contribution is -2.06. The molecule has 0 heterocycles. The van der Waals surface area contributed by atoms with Crippen molar-refractivity contribution in [3.05, 3.63) is 35.9 Å². The summed E-state index contributed by atoms with van der Waals surface area (Å²) < 4.78 is 5.41. The summed E-state index contributed by atoms with van der Waals surface area (Å²) in [5.74, 6) is 0. The van der Waals surface area contributed by atoms with Gasteiger partial charge in [0.2, 0.25) is 0 Å². The molecule has 1 radical (unpaired) electrons. The summed E-state index contributed by atoms with van der Waals surface area (Å²) in [5.41, 5.74) is 1.15. The van der Waals surface area contributed by atoms with Gasteiger partial charge in [0.25, 0.3) is 0 Å². The van der Waals surface area contributed by atoms with Gasteiger partial charge in [0.15, 0.2) is 0 Å². The summed E-state index contributed by atoms with van der Waals surface area (Å²) in [5, 5.41) is 10.3. The largest absolute Gasteiger partial charge is 0.371 e. The van der Waals surface area contributed by atoms with Gasteiger partial charge in [-0.15, -0.1) is 0 Å². The predicted octanol–water partition coefficient (Wildman–Crippen LogP) is 2.58. The maximum Gasteiger partial charge on any atom is 0.106 e. The van der Waals surface area contributed by atoms with Gasteiger partial charge in [-0.3, -0.25) is 0 Å². The Hall–Kier alpha value is -0.860. The molecule has 1 unspecified atom stereocenters. The second-order valence-corrected chi connectivity index (χ2v) is 2.88. The molecule has 0 N–H and O–H groups in total. The molecule has 0 aromatic heterocycles. The minimum Gasteiger partial charge on any atom is -0.371 e. The minimum atomic E-state index is -0.163. The average molecular weight is 179 g/mol. The summed E-state index contributed by atoms with van der Waals surface area (Å²) in [6.07, 6.45) is 0.986. The van der Waals surface area contributed by atoms with Crippen LogP contribution in [0, 0.1) is 0 Å². The van der Waals surface area contributed by atoms with E-state index in [0.717, 1.165) is 12.0 Å². The molecule has 1 atom stereocenters. The van der Waals surface area contributed by atoms with E-state index in [0.29, 0.717) is 6.61 Å². The van der Waals surface area contributed by atoms with Crippen LogP contribution in [0.25, 0.3) is 0 Å². The number of hydrogen-bond acceptors (Lipinski definition) is 1. The first kappa shape index (κ1) is 10.2. The first-order chi connectivity index (χ1) is 6.38. The molecule has 0 spiro atoms. The molecule has 0 saturated carbocycles. The minimum absolute atomic E-state index is 0.0788. The number of benzene rings is 1. The third kappa shape index (κ3) is 3.17. The molecule has 0 amide bonds. The fraction of sp³-hybridized carbons (Fsp3) is 0.455. The molecular formula is C11H15O2. The highest BCUT2D eigenvalue weighted by Crippen LogP contribution is 2.19. The second-order valence-electron chi connectivity index (χ2n) is 2.88. The molecule has 1 aromatic carbocycles. The summed E-state index contributed by atoms with van der Waals surface area (Å²) in [6, 6.07) is 10.00. The lowest BCUT2D eigenvalue weighted by Gasteiger charge is -2.15. The Balaban J connectivity index is 2.56.